The van der Waals surface area contributed by atoms with Gasteiger partial charge in [-0.15, -0.1) is 0 Å². The molecule has 9 aromatic carbocycles. The quantitative estimate of drug-likeness (QED) is 0.0574. The Kier molecular flexibility index (Phi) is 14.7. The minimum absolute atomic E-state index is 0.942. The Morgan fingerprint density at radius 2 is 0.819 bits per heavy atom. The highest BCUT2D eigenvalue weighted by Gasteiger charge is 2.42. The number of rotatable bonds is 15. The van der Waals surface area contributed by atoms with E-state index in [2.05, 4.69) is 296 Å². The molecule has 9 rings (SSSR count). The van der Waals surface area contributed by atoms with Crippen molar-refractivity contribution in [2.75, 3.05) is 9.80 Å². The van der Waals surface area contributed by atoms with Gasteiger partial charge in [-0.3, -0.25) is 0 Å². The number of benzene rings is 9. The molecular formula is C69H66N2Si. The Morgan fingerprint density at radius 1 is 0.417 bits per heavy atom. The largest absolute Gasteiger partial charge is 0.310 e. The van der Waals surface area contributed by atoms with Crippen molar-refractivity contribution in [3.63, 3.8) is 0 Å². The van der Waals surface area contributed by atoms with Crippen LogP contribution in [0.25, 0.3) is 22.3 Å². The van der Waals surface area contributed by atoms with Crippen LogP contribution in [0.2, 0.25) is 0 Å². The molecule has 0 radical (unpaired) electrons. The second-order valence-corrected chi connectivity index (χ2v) is 23.2. The summed E-state index contributed by atoms with van der Waals surface area (Å²) in [5.74, 6) is 0. The summed E-state index contributed by atoms with van der Waals surface area (Å²) < 4.78 is 0. The molecule has 0 atom stereocenters. The van der Waals surface area contributed by atoms with Gasteiger partial charge in [0.05, 0.1) is 0 Å². The van der Waals surface area contributed by atoms with E-state index < -0.39 is 8.07 Å². The first kappa shape index (κ1) is 49.0. The van der Waals surface area contributed by atoms with Crippen molar-refractivity contribution >= 4 is 57.3 Å². The van der Waals surface area contributed by atoms with E-state index in [1.54, 1.807) is 0 Å². The van der Waals surface area contributed by atoms with Crippen LogP contribution >= 0.6 is 0 Å². The average molecular weight is 951 g/mol. The van der Waals surface area contributed by atoms with E-state index in [9.17, 15) is 0 Å². The van der Waals surface area contributed by atoms with Crippen molar-refractivity contribution in [3.05, 3.63) is 282 Å². The third kappa shape index (κ3) is 9.86. The van der Waals surface area contributed by atoms with Gasteiger partial charge in [0.15, 0.2) is 8.07 Å². The smallest absolute Gasteiger partial charge is 0.179 e. The summed E-state index contributed by atoms with van der Waals surface area (Å²) in [7, 11) is -2.96. The highest BCUT2D eigenvalue weighted by molar-refractivity contribution is 7.20. The summed E-state index contributed by atoms with van der Waals surface area (Å²) in [6.07, 6.45) is 9.34. The van der Waals surface area contributed by atoms with Crippen LogP contribution in [0, 0.1) is 48.5 Å². The molecule has 3 heteroatoms. The lowest BCUT2D eigenvalue weighted by Gasteiger charge is -2.36. The number of aryl methyl sites for hydroxylation is 7. The molecule has 0 saturated heterocycles. The van der Waals surface area contributed by atoms with Crippen LogP contribution in [-0.2, 0) is 0 Å². The van der Waals surface area contributed by atoms with Crippen molar-refractivity contribution in [2.45, 2.75) is 61.8 Å². The highest BCUT2D eigenvalue weighted by atomic mass is 28.3. The minimum Gasteiger partial charge on any atom is -0.310 e. The van der Waals surface area contributed by atoms with Crippen LogP contribution in [0.3, 0.4) is 0 Å². The van der Waals surface area contributed by atoms with Crippen LogP contribution in [0.1, 0.15) is 52.3 Å². The maximum Gasteiger partial charge on any atom is 0.179 e. The number of hydrogen-bond donors (Lipinski definition) is 0. The second-order valence-electron chi connectivity index (χ2n) is 19.4. The highest BCUT2D eigenvalue weighted by Crippen LogP contribution is 2.39. The molecule has 0 fully saturated rings. The Labute approximate surface area is 430 Å². The molecule has 0 unspecified atom stereocenters. The second kappa shape index (κ2) is 21.6. The molecule has 0 saturated carbocycles. The molecule has 0 aliphatic heterocycles. The number of nitrogens with zero attached hydrogens (tertiary/aromatic N) is 2. The van der Waals surface area contributed by atoms with Gasteiger partial charge in [-0.25, -0.2) is 0 Å². The first-order valence-corrected chi connectivity index (χ1v) is 27.3. The van der Waals surface area contributed by atoms with E-state index in [-0.39, 0.29) is 0 Å². The van der Waals surface area contributed by atoms with E-state index in [0.717, 1.165) is 40.6 Å². The van der Waals surface area contributed by atoms with Crippen molar-refractivity contribution < 1.29 is 0 Å². The summed E-state index contributed by atoms with van der Waals surface area (Å²) in [4.78, 5) is 4.71. The lowest BCUT2D eigenvalue weighted by Crippen LogP contribution is -2.75. The van der Waals surface area contributed by atoms with Gasteiger partial charge < -0.3 is 9.80 Å². The van der Waals surface area contributed by atoms with Gasteiger partial charge in [0, 0.05) is 34.1 Å². The SMILES string of the molecule is C=C/C=C(\C=C/CC)N(c1ccc(C)cc1)c1cccc(-c2c(C)cc([Si](c3ccccc3)(c3ccccc3)c3cc(C)c(-c4cccc(N(c5ccc(C)cc5)c5ccc(C)cc5)c4)c(C)c3)cc2C)c1. The van der Waals surface area contributed by atoms with E-state index in [4.69, 9.17) is 0 Å². The van der Waals surface area contributed by atoms with Gasteiger partial charge >= 0.3 is 0 Å². The van der Waals surface area contributed by atoms with Crippen LogP contribution in [0.4, 0.5) is 28.4 Å². The fraction of sp³-hybridized carbons (Fsp3) is 0.130. The molecular weight excluding hydrogens is 885 g/mol. The zero-order valence-electron chi connectivity index (χ0n) is 43.2. The normalized spacial score (nSPS) is 11.8. The zero-order chi connectivity index (χ0) is 50.4. The molecule has 0 heterocycles. The molecule has 0 aromatic heterocycles. The predicted molar refractivity (Wildman–Crippen MR) is 315 cm³/mol. The lowest BCUT2D eigenvalue weighted by molar-refractivity contribution is 1.17. The van der Waals surface area contributed by atoms with E-state index in [0.29, 0.717) is 0 Å². The van der Waals surface area contributed by atoms with Crippen molar-refractivity contribution in [3.8, 4) is 22.3 Å². The number of hydrogen-bond acceptors (Lipinski definition) is 2. The Hall–Kier alpha value is -7.98. The summed E-state index contributed by atoms with van der Waals surface area (Å²) in [6.45, 7) is 21.9. The third-order valence-corrected chi connectivity index (χ3v) is 18.8. The molecule has 0 spiro atoms. The molecule has 0 bridgehead atoms. The van der Waals surface area contributed by atoms with Crippen LogP contribution in [0.5, 0.6) is 0 Å². The standard InChI is InChI=1S/C69H66N2Si/c1-10-12-24-58(21-11-2)70(59-37-31-49(3)32-38-59)62-25-19-22-56(47-62)68-52(6)43-66(44-53(68)7)72(64-27-15-13-16-28-64,65-29-17-14-18-30-65)67-45-54(8)69(55(9)46-67)57-23-20-26-63(48-57)71(60-39-33-50(4)34-40-60)61-41-35-51(5)36-42-61/h11-48H,2,10H2,1,3-9H3/b24-12-,58-21+. The molecule has 0 amide bonds. The first-order valence-electron chi connectivity index (χ1n) is 25.3. The number of anilines is 5. The summed E-state index contributed by atoms with van der Waals surface area (Å²) in [6, 6.07) is 77.3. The van der Waals surface area contributed by atoms with Crippen LogP contribution < -0.4 is 30.5 Å². The maximum atomic E-state index is 4.10. The topological polar surface area (TPSA) is 6.48 Å². The fourth-order valence-corrected chi connectivity index (χ4v) is 15.9. The van der Waals surface area contributed by atoms with Gasteiger partial charge in [0.2, 0.25) is 0 Å². The first-order chi connectivity index (χ1) is 35.0. The summed E-state index contributed by atoms with van der Waals surface area (Å²) in [5.41, 5.74) is 20.4. The fourth-order valence-electron chi connectivity index (χ4n) is 10.8. The average Bonchev–Trinajstić information content (AvgIpc) is 3.38. The molecule has 0 aliphatic rings. The number of allylic oxidation sites excluding steroid dienone is 4. The van der Waals surface area contributed by atoms with Gasteiger partial charge in [-0.2, -0.15) is 0 Å². The van der Waals surface area contributed by atoms with Crippen LogP contribution in [0.15, 0.2) is 243 Å². The van der Waals surface area contributed by atoms with E-state index in [1.165, 1.54) is 81.9 Å². The molecule has 72 heavy (non-hydrogen) atoms. The minimum atomic E-state index is -2.96. The Balaban J connectivity index is 1.20. The zero-order valence-corrected chi connectivity index (χ0v) is 44.2. The van der Waals surface area contributed by atoms with Crippen LogP contribution in [-0.4, -0.2) is 8.07 Å². The van der Waals surface area contributed by atoms with Gasteiger partial charge in [0.1, 0.15) is 0 Å². The predicted octanol–water partition coefficient (Wildman–Crippen LogP) is 16.2. The van der Waals surface area contributed by atoms with Crippen molar-refractivity contribution in [1.82, 2.24) is 0 Å². The van der Waals surface area contributed by atoms with Gasteiger partial charge in [-0.05, 0) is 193 Å². The van der Waals surface area contributed by atoms with Crippen molar-refractivity contribution in [1.29, 1.82) is 0 Å². The molecule has 2 nitrogen and oxygen atoms in total. The molecule has 9 aromatic rings. The lowest BCUT2D eigenvalue weighted by atomic mass is 9.95. The molecule has 0 aliphatic carbocycles. The van der Waals surface area contributed by atoms with E-state index in [1.807, 2.05) is 6.08 Å². The third-order valence-electron chi connectivity index (χ3n) is 14.1. The Bertz CT molecular complexity index is 3270. The Morgan fingerprint density at radius 3 is 1.24 bits per heavy atom. The van der Waals surface area contributed by atoms with Gasteiger partial charge in [-0.1, -0.05) is 188 Å². The summed E-state index contributed by atoms with van der Waals surface area (Å²) in [5, 5.41) is 5.47. The van der Waals surface area contributed by atoms with E-state index >= 15 is 0 Å². The van der Waals surface area contributed by atoms with Gasteiger partial charge in [0.25, 0.3) is 0 Å². The molecule has 356 valence electrons. The molecule has 0 N–H and O–H groups in total. The monoisotopic (exact) mass is 950 g/mol. The summed E-state index contributed by atoms with van der Waals surface area (Å²) >= 11 is 0. The van der Waals surface area contributed by atoms with Crippen molar-refractivity contribution in [2.24, 2.45) is 0 Å². The maximum absolute atomic E-state index is 4.10.